The third-order valence-electron chi connectivity index (χ3n) is 0. The molecule has 0 aliphatic heterocycles. The normalized spacial score (nSPS) is 8.43. The van der Waals surface area contributed by atoms with E-state index in [1.54, 1.807) is 0 Å². The van der Waals surface area contributed by atoms with Crippen LogP contribution in [0.1, 0.15) is 0 Å². The molecule has 0 spiro atoms. The van der Waals surface area contributed by atoms with E-state index in [9.17, 15) is 0 Å². The molecule has 0 atom stereocenters. The van der Waals surface area contributed by atoms with Crippen LogP contribution in [0.2, 0.25) is 0 Å². The summed E-state index contributed by atoms with van der Waals surface area (Å²) in [4.78, 5) is 21.6. The molecule has 0 fully saturated rings. The minimum Gasteiger partial charge on any atom is -0.303 e. The van der Waals surface area contributed by atoms with Crippen LogP contribution in [0.5, 0.6) is 0 Å². The average molecular weight is 189 g/mol. The van der Waals surface area contributed by atoms with Crippen molar-refractivity contribution >= 4 is 20.2 Å². The second-order valence-corrected chi connectivity index (χ2v) is 1.54. The summed E-state index contributed by atoms with van der Waals surface area (Å²) in [5.74, 6) is 0. The molecule has 0 aliphatic carbocycles. The molecule has 0 aromatic rings. The summed E-state index contributed by atoms with van der Waals surface area (Å²) in [6.07, 6.45) is 0. The van der Waals surface area contributed by atoms with E-state index in [2.05, 4.69) is 0 Å². The summed E-state index contributed by atoms with van der Waals surface area (Å²) in [5, 5.41) is 0. The van der Waals surface area contributed by atoms with E-state index in [1.807, 2.05) is 0 Å². The largest absolute Gasteiger partial charge is 0.466 e. The SMILES string of the molecule is Cl.O=P(O)(O)O.[Mn]. The van der Waals surface area contributed by atoms with Crippen molar-refractivity contribution in [1.82, 2.24) is 0 Å². The Kier molecular flexibility index (Phi) is 11.3. The second-order valence-electron chi connectivity index (χ2n) is 0.513. The number of phosphoric acid groups is 1. The smallest absolute Gasteiger partial charge is 0.303 e. The van der Waals surface area contributed by atoms with Gasteiger partial charge in [-0.3, -0.25) is 0 Å². The molecule has 4 nitrogen and oxygen atoms in total. The van der Waals surface area contributed by atoms with Crippen LogP contribution in [-0.2, 0) is 21.6 Å². The average Bonchev–Trinajstić information content (AvgIpc) is 0.722. The van der Waals surface area contributed by atoms with E-state index >= 15 is 0 Å². The molecule has 7 heavy (non-hydrogen) atoms. The van der Waals surface area contributed by atoms with Gasteiger partial charge in [0.2, 0.25) is 0 Å². The van der Waals surface area contributed by atoms with E-state index < -0.39 is 7.82 Å². The monoisotopic (exact) mass is 189 g/mol. The van der Waals surface area contributed by atoms with Crippen LogP contribution in [0.25, 0.3) is 0 Å². The Labute approximate surface area is 57.1 Å². The van der Waals surface area contributed by atoms with Crippen LogP contribution >= 0.6 is 20.2 Å². The van der Waals surface area contributed by atoms with E-state index in [1.165, 1.54) is 0 Å². The Morgan fingerprint density at radius 1 is 1.14 bits per heavy atom. The van der Waals surface area contributed by atoms with Crippen LogP contribution in [0.3, 0.4) is 0 Å². The maximum atomic E-state index is 8.88. The third-order valence-corrected chi connectivity index (χ3v) is 0. The molecule has 0 rings (SSSR count). The number of rotatable bonds is 0. The van der Waals surface area contributed by atoms with Crippen LogP contribution in [-0.4, -0.2) is 14.7 Å². The molecule has 7 heteroatoms. The minimum absolute atomic E-state index is 0. The summed E-state index contributed by atoms with van der Waals surface area (Å²) in [6, 6.07) is 0. The summed E-state index contributed by atoms with van der Waals surface area (Å²) < 4.78 is 8.88. The molecule has 47 valence electrons. The molecule has 0 heterocycles. The minimum atomic E-state index is -4.64. The van der Waals surface area contributed by atoms with Gasteiger partial charge in [-0.1, -0.05) is 0 Å². The molecular formula is H4ClMnO4P. The van der Waals surface area contributed by atoms with E-state index in [0.29, 0.717) is 0 Å². The van der Waals surface area contributed by atoms with Crippen LogP contribution in [0, 0.1) is 0 Å². The molecule has 1 radical (unpaired) electrons. The summed E-state index contributed by atoms with van der Waals surface area (Å²) in [7, 11) is -4.64. The van der Waals surface area contributed by atoms with Crippen LogP contribution in [0.15, 0.2) is 0 Å². The Bertz CT molecular complexity index is 57.8. The summed E-state index contributed by atoms with van der Waals surface area (Å²) in [6.45, 7) is 0. The van der Waals surface area contributed by atoms with Gasteiger partial charge in [-0.05, 0) is 0 Å². The van der Waals surface area contributed by atoms with E-state index in [4.69, 9.17) is 19.2 Å². The summed E-state index contributed by atoms with van der Waals surface area (Å²) >= 11 is 0. The summed E-state index contributed by atoms with van der Waals surface area (Å²) in [5.41, 5.74) is 0. The standard InChI is InChI=1S/ClH.Mn.H3O4P/c;;1-5(2,3)4/h1H;;(H3,1,2,3,4). The first kappa shape index (κ1) is 15.7. The van der Waals surface area contributed by atoms with E-state index in [0.717, 1.165) is 0 Å². The van der Waals surface area contributed by atoms with Gasteiger partial charge in [0, 0.05) is 17.1 Å². The van der Waals surface area contributed by atoms with Crippen molar-refractivity contribution in [3.63, 3.8) is 0 Å². The Hall–Kier alpha value is 0.919. The van der Waals surface area contributed by atoms with Crippen molar-refractivity contribution < 1.29 is 36.3 Å². The quantitative estimate of drug-likeness (QED) is 0.354. The fourth-order valence-electron chi connectivity index (χ4n) is 0. The predicted octanol–water partition coefficient (Wildman–Crippen LogP) is -0.509. The maximum absolute atomic E-state index is 8.88. The van der Waals surface area contributed by atoms with E-state index in [-0.39, 0.29) is 29.5 Å². The van der Waals surface area contributed by atoms with Crippen molar-refractivity contribution in [2.75, 3.05) is 0 Å². The molecule has 0 amide bonds. The van der Waals surface area contributed by atoms with Crippen molar-refractivity contribution in [2.45, 2.75) is 0 Å². The zero-order chi connectivity index (χ0) is 4.50. The molecule has 0 aromatic carbocycles. The number of hydrogen-bond acceptors (Lipinski definition) is 1. The van der Waals surface area contributed by atoms with Gasteiger partial charge in [-0.25, -0.2) is 4.57 Å². The molecule has 0 saturated heterocycles. The van der Waals surface area contributed by atoms with Gasteiger partial charge in [-0.2, -0.15) is 0 Å². The first-order valence-corrected chi connectivity index (χ1v) is 2.35. The molecule has 0 aliphatic rings. The first-order chi connectivity index (χ1) is 2.00. The van der Waals surface area contributed by atoms with Crippen molar-refractivity contribution in [3.8, 4) is 0 Å². The van der Waals surface area contributed by atoms with Crippen molar-refractivity contribution in [3.05, 3.63) is 0 Å². The van der Waals surface area contributed by atoms with Gasteiger partial charge in [0.25, 0.3) is 0 Å². The van der Waals surface area contributed by atoms with Gasteiger partial charge < -0.3 is 14.7 Å². The molecule has 0 bridgehead atoms. The maximum Gasteiger partial charge on any atom is 0.466 e. The zero-order valence-electron chi connectivity index (χ0n) is 2.98. The van der Waals surface area contributed by atoms with Gasteiger partial charge >= 0.3 is 7.82 Å². The molecule has 0 saturated carbocycles. The van der Waals surface area contributed by atoms with Crippen molar-refractivity contribution in [1.29, 1.82) is 0 Å². The van der Waals surface area contributed by atoms with Gasteiger partial charge in [0.15, 0.2) is 0 Å². The van der Waals surface area contributed by atoms with Crippen LogP contribution < -0.4 is 0 Å². The van der Waals surface area contributed by atoms with Gasteiger partial charge in [0.05, 0.1) is 0 Å². The molecule has 0 unspecified atom stereocenters. The molecule has 0 aromatic heterocycles. The fraction of sp³-hybridized carbons (Fsp3) is 0. The number of halogens is 1. The van der Waals surface area contributed by atoms with Crippen LogP contribution in [0.4, 0.5) is 0 Å². The van der Waals surface area contributed by atoms with Crippen molar-refractivity contribution in [2.24, 2.45) is 0 Å². The predicted molar refractivity (Wildman–Crippen MR) is 21.5 cm³/mol. The Morgan fingerprint density at radius 2 is 1.14 bits per heavy atom. The second kappa shape index (κ2) is 5.06. The van der Waals surface area contributed by atoms with Gasteiger partial charge in [-0.15, -0.1) is 12.4 Å². The zero-order valence-corrected chi connectivity index (χ0v) is 5.87. The molecular weight excluding hydrogens is 185 g/mol. The fourth-order valence-corrected chi connectivity index (χ4v) is 0. The third kappa shape index (κ3) is 198. The topological polar surface area (TPSA) is 77.8 Å². The Morgan fingerprint density at radius 3 is 1.14 bits per heavy atom. The molecule has 3 N–H and O–H groups in total. The van der Waals surface area contributed by atoms with Gasteiger partial charge in [0.1, 0.15) is 0 Å². The Balaban J connectivity index is -0.0000000800. The first-order valence-electron chi connectivity index (χ1n) is 0.783. The number of hydrogen-bond donors (Lipinski definition) is 3.